The molecule has 2 aliphatic rings. The molecule has 3 unspecified atom stereocenters. The standard InChI is InChI=1S/C17H25NO2/c18-12-16(10-11-20-13-16)17(19)9-5-4-8-15(17)14-6-2-1-3-7-14/h1-3,6-7,15,19H,4-5,8-13,18H2. The van der Waals surface area contributed by atoms with Crippen LogP contribution in [0.2, 0.25) is 0 Å². The third kappa shape index (κ3) is 2.09. The highest BCUT2D eigenvalue weighted by Crippen LogP contribution is 2.53. The van der Waals surface area contributed by atoms with Gasteiger partial charge in [-0.25, -0.2) is 0 Å². The molecule has 1 heterocycles. The van der Waals surface area contributed by atoms with Gasteiger partial charge in [-0.2, -0.15) is 0 Å². The van der Waals surface area contributed by atoms with Gasteiger partial charge in [-0.3, -0.25) is 0 Å². The van der Waals surface area contributed by atoms with Gasteiger partial charge >= 0.3 is 0 Å². The van der Waals surface area contributed by atoms with Gasteiger partial charge in [0.05, 0.1) is 12.2 Å². The van der Waals surface area contributed by atoms with Crippen molar-refractivity contribution in [3.05, 3.63) is 35.9 Å². The van der Waals surface area contributed by atoms with Crippen LogP contribution in [0, 0.1) is 5.41 Å². The van der Waals surface area contributed by atoms with Crippen LogP contribution >= 0.6 is 0 Å². The lowest BCUT2D eigenvalue weighted by atomic mass is 9.58. The van der Waals surface area contributed by atoms with E-state index in [1.165, 1.54) is 12.0 Å². The maximum absolute atomic E-state index is 11.6. The molecule has 0 radical (unpaired) electrons. The molecule has 3 nitrogen and oxygen atoms in total. The first-order valence-corrected chi connectivity index (χ1v) is 7.77. The highest BCUT2D eigenvalue weighted by molar-refractivity contribution is 5.26. The zero-order valence-electron chi connectivity index (χ0n) is 12.1. The Bertz CT molecular complexity index is 442. The van der Waals surface area contributed by atoms with E-state index in [9.17, 15) is 5.11 Å². The summed E-state index contributed by atoms with van der Waals surface area (Å²) in [6.45, 7) is 1.83. The first kappa shape index (κ1) is 14.1. The van der Waals surface area contributed by atoms with Gasteiger partial charge < -0.3 is 15.6 Å². The summed E-state index contributed by atoms with van der Waals surface area (Å²) in [4.78, 5) is 0. The van der Waals surface area contributed by atoms with Crippen LogP contribution in [-0.2, 0) is 4.74 Å². The molecule has 1 aromatic rings. The van der Waals surface area contributed by atoms with Crippen molar-refractivity contribution in [1.29, 1.82) is 0 Å². The van der Waals surface area contributed by atoms with Crippen molar-refractivity contribution in [2.45, 2.75) is 43.6 Å². The predicted octanol–water partition coefficient (Wildman–Crippen LogP) is 2.44. The van der Waals surface area contributed by atoms with Crippen LogP contribution in [0.15, 0.2) is 30.3 Å². The largest absolute Gasteiger partial charge is 0.389 e. The molecule has 0 amide bonds. The van der Waals surface area contributed by atoms with E-state index in [1.807, 2.05) is 6.07 Å². The molecular formula is C17H25NO2. The van der Waals surface area contributed by atoms with Crippen LogP contribution < -0.4 is 5.73 Å². The maximum atomic E-state index is 11.6. The predicted molar refractivity (Wildman–Crippen MR) is 79.5 cm³/mol. The lowest BCUT2D eigenvalue weighted by molar-refractivity contribution is -0.122. The van der Waals surface area contributed by atoms with Crippen molar-refractivity contribution in [3.8, 4) is 0 Å². The van der Waals surface area contributed by atoms with Crippen LogP contribution in [0.25, 0.3) is 0 Å². The summed E-state index contributed by atoms with van der Waals surface area (Å²) < 4.78 is 5.61. The quantitative estimate of drug-likeness (QED) is 0.891. The van der Waals surface area contributed by atoms with E-state index in [4.69, 9.17) is 10.5 Å². The fourth-order valence-corrected chi connectivity index (χ4v) is 4.20. The van der Waals surface area contributed by atoms with Gasteiger partial charge in [0.1, 0.15) is 0 Å². The van der Waals surface area contributed by atoms with E-state index in [0.29, 0.717) is 13.2 Å². The normalized spacial score (nSPS) is 38.0. The Hall–Kier alpha value is -0.900. The smallest absolute Gasteiger partial charge is 0.0806 e. The summed E-state index contributed by atoms with van der Waals surface area (Å²) in [6.07, 6.45) is 5.03. The van der Waals surface area contributed by atoms with Gasteiger partial charge in [0.25, 0.3) is 0 Å². The summed E-state index contributed by atoms with van der Waals surface area (Å²) >= 11 is 0. The van der Waals surface area contributed by atoms with E-state index in [-0.39, 0.29) is 11.3 Å². The van der Waals surface area contributed by atoms with Gasteiger partial charge in [-0.05, 0) is 24.8 Å². The zero-order valence-corrected chi connectivity index (χ0v) is 12.1. The van der Waals surface area contributed by atoms with Crippen molar-refractivity contribution in [2.75, 3.05) is 19.8 Å². The molecule has 1 aromatic carbocycles. The number of ether oxygens (including phenoxy) is 1. The number of rotatable bonds is 3. The third-order valence-electron chi connectivity index (χ3n) is 5.49. The van der Waals surface area contributed by atoms with E-state index in [0.717, 1.165) is 32.3 Å². The van der Waals surface area contributed by atoms with E-state index < -0.39 is 5.60 Å². The number of benzene rings is 1. The fraction of sp³-hybridized carbons (Fsp3) is 0.647. The fourth-order valence-electron chi connectivity index (χ4n) is 4.20. The van der Waals surface area contributed by atoms with Crippen LogP contribution in [-0.4, -0.2) is 30.5 Å². The molecule has 1 saturated carbocycles. The van der Waals surface area contributed by atoms with Crippen molar-refractivity contribution in [2.24, 2.45) is 11.1 Å². The Morgan fingerprint density at radius 3 is 2.65 bits per heavy atom. The topological polar surface area (TPSA) is 55.5 Å². The minimum absolute atomic E-state index is 0.183. The van der Waals surface area contributed by atoms with Crippen molar-refractivity contribution in [1.82, 2.24) is 0 Å². The molecule has 110 valence electrons. The Morgan fingerprint density at radius 1 is 1.20 bits per heavy atom. The molecule has 1 aliphatic carbocycles. The second-order valence-corrected chi connectivity index (χ2v) is 6.42. The Kier molecular flexibility index (Phi) is 3.85. The SMILES string of the molecule is NCC1(C2(O)CCCCC2c2ccccc2)CCOC1. The Balaban J connectivity index is 1.99. The summed E-state index contributed by atoms with van der Waals surface area (Å²) in [5.41, 5.74) is 6.34. The first-order chi connectivity index (χ1) is 9.72. The summed E-state index contributed by atoms with van der Waals surface area (Å²) in [5, 5.41) is 11.6. The second kappa shape index (κ2) is 5.47. The van der Waals surface area contributed by atoms with E-state index in [2.05, 4.69) is 24.3 Å². The average Bonchev–Trinajstić information content (AvgIpc) is 2.99. The molecule has 3 atom stereocenters. The van der Waals surface area contributed by atoms with Crippen molar-refractivity contribution < 1.29 is 9.84 Å². The second-order valence-electron chi connectivity index (χ2n) is 6.42. The van der Waals surface area contributed by atoms with Crippen LogP contribution in [0.5, 0.6) is 0 Å². The molecule has 0 bridgehead atoms. The minimum atomic E-state index is -0.724. The van der Waals surface area contributed by atoms with Crippen molar-refractivity contribution in [3.63, 3.8) is 0 Å². The highest BCUT2D eigenvalue weighted by Gasteiger charge is 2.56. The minimum Gasteiger partial charge on any atom is -0.389 e. The maximum Gasteiger partial charge on any atom is 0.0806 e. The number of nitrogens with two attached hydrogens (primary N) is 1. The molecule has 3 N–H and O–H groups in total. The Labute approximate surface area is 121 Å². The van der Waals surface area contributed by atoms with Gasteiger partial charge in [0.15, 0.2) is 0 Å². The summed E-state index contributed by atoms with van der Waals surface area (Å²) in [7, 11) is 0. The molecule has 3 heteroatoms. The number of hydrogen-bond donors (Lipinski definition) is 2. The first-order valence-electron chi connectivity index (χ1n) is 7.77. The molecule has 1 aliphatic heterocycles. The van der Waals surface area contributed by atoms with Crippen LogP contribution in [0.4, 0.5) is 0 Å². The Morgan fingerprint density at radius 2 is 2.00 bits per heavy atom. The van der Waals surface area contributed by atoms with E-state index >= 15 is 0 Å². The van der Waals surface area contributed by atoms with E-state index in [1.54, 1.807) is 0 Å². The number of hydrogen-bond acceptors (Lipinski definition) is 3. The van der Waals surface area contributed by atoms with Crippen molar-refractivity contribution >= 4 is 0 Å². The molecule has 1 saturated heterocycles. The monoisotopic (exact) mass is 275 g/mol. The van der Waals surface area contributed by atoms with Crippen LogP contribution in [0.3, 0.4) is 0 Å². The zero-order chi connectivity index (χ0) is 14.1. The molecule has 0 aromatic heterocycles. The molecule has 0 spiro atoms. The lowest BCUT2D eigenvalue weighted by Gasteiger charge is -2.51. The molecular weight excluding hydrogens is 250 g/mol. The summed E-state index contributed by atoms with van der Waals surface area (Å²) in [6, 6.07) is 10.4. The highest BCUT2D eigenvalue weighted by atomic mass is 16.5. The van der Waals surface area contributed by atoms with Gasteiger partial charge in [0.2, 0.25) is 0 Å². The molecule has 20 heavy (non-hydrogen) atoms. The average molecular weight is 275 g/mol. The summed E-state index contributed by atoms with van der Waals surface area (Å²) in [5.74, 6) is 0.183. The third-order valence-corrected chi connectivity index (χ3v) is 5.49. The van der Waals surface area contributed by atoms with Gasteiger partial charge in [-0.1, -0.05) is 43.2 Å². The lowest BCUT2D eigenvalue weighted by Crippen LogP contribution is -2.57. The molecule has 2 fully saturated rings. The van der Waals surface area contributed by atoms with Gasteiger partial charge in [-0.15, -0.1) is 0 Å². The van der Waals surface area contributed by atoms with Gasteiger partial charge in [0, 0.05) is 24.5 Å². The van der Waals surface area contributed by atoms with Crippen LogP contribution in [0.1, 0.15) is 43.6 Å². The molecule has 3 rings (SSSR count). The number of aliphatic hydroxyl groups is 1.